The van der Waals surface area contributed by atoms with E-state index in [1.54, 1.807) is 7.11 Å². The maximum absolute atomic E-state index is 12.8. The molecule has 2 aliphatic rings. The molecule has 2 heterocycles. The number of carbonyl (C=O) groups is 1. The van der Waals surface area contributed by atoms with Gasteiger partial charge in [0.25, 0.3) is 0 Å². The number of carbonyl (C=O) groups excluding carboxylic acids is 1. The molecule has 2 saturated heterocycles. The Balaban J connectivity index is 2.08. The summed E-state index contributed by atoms with van der Waals surface area (Å²) in [4.78, 5) is 14.8. The van der Waals surface area contributed by atoms with E-state index in [4.69, 9.17) is 4.74 Å². The minimum absolute atomic E-state index is 0.165. The van der Waals surface area contributed by atoms with Crippen LogP contribution in [-0.2, 0) is 9.53 Å². The third kappa shape index (κ3) is 2.41. The lowest BCUT2D eigenvalue weighted by molar-refractivity contribution is -0.146. The van der Waals surface area contributed by atoms with Gasteiger partial charge in [0, 0.05) is 20.2 Å². The number of rotatable bonds is 3. The normalized spacial score (nSPS) is 36.9. The predicted octanol–water partition coefficient (Wildman–Crippen LogP) is 1.55. The molecule has 0 bridgehead atoms. The molecule has 2 unspecified atom stereocenters. The molecule has 2 atom stereocenters. The highest BCUT2D eigenvalue weighted by atomic mass is 16.5. The second kappa shape index (κ2) is 5.17. The first-order valence-corrected chi connectivity index (χ1v) is 7.15. The van der Waals surface area contributed by atoms with Crippen molar-refractivity contribution in [2.45, 2.75) is 57.1 Å². The predicted molar refractivity (Wildman–Crippen MR) is 71.5 cm³/mol. The Kier molecular flexibility index (Phi) is 3.97. The zero-order chi connectivity index (χ0) is 13.2. The van der Waals surface area contributed by atoms with Gasteiger partial charge in [0.05, 0.1) is 11.1 Å². The van der Waals surface area contributed by atoms with Crippen LogP contribution in [0.25, 0.3) is 0 Å². The lowest BCUT2D eigenvalue weighted by Crippen LogP contribution is -2.59. The number of likely N-dealkylation sites (tertiary alicyclic amines) is 1. The average Bonchev–Trinajstić information content (AvgIpc) is 2.88. The molecule has 0 aromatic rings. The number of methoxy groups -OCH3 is 1. The van der Waals surface area contributed by atoms with Gasteiger partial charge in [-0.15, -0.1) is 0 Å². The molecule has 1 amide bonds. The fraction of sp³-hybridized carbons (Fsp3) is 0.929. The van der Waals surface area contributed by atoms with Crippen LogP contribution in [0.15, 0.2) is 0 Å². The van der Waals surface area contributed by atoms with Crippen molar-refractivity contribution < 1.29 is 9.53 Å². The monoisotopic (exact) mass is 254 g/mol. The summed E-state index contributed by atoms with van der Waals surface area (Å²) >= 11 is 0. The van der Waals surface area contributed by atoms with Crippen LogP contribution < -0.4 is 5.32 Å². The van der Waals surface area contributed by atoms with Gasteiger partial charge in [0.2, 0.25) is 5.91 Å². The third-order valence-corrected chi connectivity index (χ3v) is 4.70. The number of piperidine rings is 1. The molecule has 0 aliphatic carbocycles. The zero-order valence-electron chi connectivity index (χ0n) is 11.9. The highest BCUT2D eigenvalue weighted by Gasteiger charge is 2.44. The van der Waals surface area contributed by atoms with Crippen LogP contribution in [0, 0.1) is 0 Å². The highest BCUT2D eigenvalue weighted by Crippen LogP contribution is 2.30. The minimum atomic E-state index is -0.300. The van der Waals surface area contributed by atoms with Crippen LogP contribution >= 0.6 is 0 Å². The van der Waals surface area contributed by atoms with E-state index in [1.165, 1.54) is 0 Å². The molecular weight excluding hydrogens is 228 g/mol. The molecular formula is C14H26N2O2. The van der Waals surface area contributed by atoms with Crippen molar-refractivity contribution in [1.29, 1.82) is 0 Å². The van der Waals surface area contributed by atoms with E-state index >= 15 is 0 Å². The number of amides is 1. The van der Waals surface area contributed by atoms with E-state index in [1.807, 2.05) is 4.90 Å². The molecule has 104 valence electrons. The van der Waals surface area contributed by atoms with Crippen molar-refractivity contribution in [2.24, 2.45) is 0 Å². The molecule has 0 aromatic heterocycles. The Morgan fingerprint density at radius 2 is 2.17 bits per heavy atom. The number of nitrogens with zero attached hydrogens (tertiary/aromatic N) is 1. The van der Waals surface area contributed by atoms with Crippen LogP contribution in [0.4, 0.5) is 0 Å². The van der Waals surface area contributed by atoms with Gasteiger partial charge in [-0.1, -0.05) is 6.92 Å². The fourth-order valence-corrected chi connectivity index (χ4v) is 3.29. The van der Waals surface area contributed by atoms with E-state index in [0.717, 1.165) is 51.7 Å². The van der Waals surface area contributed by atoms with Gasteiger partial charge in [-0.05, 0) is 45.6 Å². The molecule has 0 aromatic carbocycles. The zero-order valence-corrected chi connectivity index (χ0v) is 11.9. The van der Waals surface area contributed by atoms with Gasteiger partial charge in [-0.3, -0.25) is 4.79 Å². The van der Waals surface area contributed by atoms with Crippen LogP contribution in [0.3, 0.4) is 0 Å². The Hall–Kier alpha value is -0.610. The van der Waals surface area contributed by atoms with Gasteiger partial charge in [-0.2, -0.15) is 0 Å². The molecule has 0 radical (unpaired) electrons. The number of ether oxygens (including phenoxy) is 1. The van der Waals surface area contributed by atoms with Gasteiger partial charge in [0.15, 0.2) is 0 Å². The van der Waals surface area contributed by atoms with E-state index in [9.17, 15) is 4.79 Å². The summed E-state index contributed by atoms with van der Waals surface area (Å²) in [5, 5.41) is 3.43. The lowest BCUT2D eigenvalue weighted by Gasteiger charge is -2.43. The Morgan fingerprint density at radius 1 is 1.39 bits per heavy atom. The number of nitrogens with one attached hydrogen (secondary N) is 1. The molecule has 2 rings (SSSR count). The highest BCUT2D eigenvalue weighted by molar-refractivity contribution is 5.87. The summed E-state index contributed by atoms with van der Waals surface area (Å²) in [6.07, 6.45) is 5.04. The van der Waals surface area contributed by atoms with E-state index in [2.05, 4.69) is 19.2 Å². The van der Waals surface area contributed by atoms with Gasteiger partial charge in [0.1, 0.15) is 0 Å². The summed E-state index contributed by atoms with van der Waals surface area (Å²) in [5.74, 6) is 0.283. The van der Waals surface area contributed by atoms with Gasteiger partial charge >= 0.3 is 0 Å². The largest absolute Gasteiger partial charge is 0.377 e. The fourth-order valence-electron chi connectivity index (χ4n) is 3.29. The van der Waals surface area contributed by atoms with E-state index in [-0.39, 0.29) is 17.0 Å². The van der Waals surface area contributed by atoms with Crippen molar-refractivity contribution in [1.82, 2.24) is 10.2 Å². The minimum Gasteiger partial charge on any atom is -0.377 e. The maximum Gasteiger partial charge on any atom is 0.242 e. The standard InChI is InChI=1S/C14H26N2O2/c1-4-14(8-5-9-15-14)12(17)16-10-6-7-13(2,11-16)18-3/h15H,4-11H2,1-3H3. The number of hydrogen-bond donors (Lipinski definition) is 1. The quantitative estimate of drug-likeness (QED) is 0.831. The molecule has 1 N–H and O–H groups in total. The second-order valence-electron chi connectivity index (χ2n) is 5.95. The summed E-state index contributed by atoms with van der Waals surface area (Å²) in [6, 6.07) is 0. The summed E-state index contributed by atoms with van der Waals surface area (Å²) < 4.78 is 5.57. The van der Waals surface area contributed by atoms with Crippen molar-refractivity contribution in [2.75, 3.05) is 26.7 Å². The smallest absolute Gasteiger partial charge is 0.242 e. The van der Waals surface area contributed by atoms with Gasteiger partial charge < -0.3 is 15.0 Å². The maximum atomic E-state index is 12.8. The molecule has 0 spiro atoms. The lowest BCUT2D eigenvalue weighted by atomic mass is 9.89. The van der Waals surface area contributed by atoms with Crippen molar-refractivity contribution in [3.63, 3.8) is 0 Å². The summed E-state index contributed by atoms with van der Waals surface area (Å²) in [7, 11) is 1.75. The number of hydrogen-bond acceptors (Lipinski definition) is 3. The van der Waals surface area contributed by atoms with Crippen LogP contribution in [0.5, 0.6) is 0 Å². The second-order valence-corrected chi connectivity index (χ2v) is 5.95. The topological polar surface area (TPSA) is 41.6 Å². The van der Waals surface area contributed by atoms with Crippen molar-refractivity contribution >= 4 is 5.91 Å². The Morgan fingerprint density at radius 3 is 2.72 bits per heavy atom. The molecule has 0 saturated carbocycles. The first kappa shape index (κ1) is 13.8. The van der Waals surface area contributed by atoms with Crippen LogP contribution in [0.1, 0.15) is 46.0 Å². The summed E-state index contributed by atoms with van der Waals surface area (Å²) in [6.45, 7) is 6.78. The first-order valence-electron chi connectivity index (χ1n) is 7.15. The molecule has 2 aliphatic heterocycles. The molecule has 4 nitrogen and oxygen atoms in total. The SMILES string of the molecule is CCC1(C(=O)N2CCCC(C)(OC)C2)CCCN1. The van der Waals surface area contributed by atoms with Crippen LogP contribution in [-0.4, -0.2) is 48.7 Å². The first-order chi connectivity index (χ1) is 8.55. The average molecular weight is 254 g/mol. The van der Waals surface area contributed by atoms with Gasteiger partial charge in [-0.25, -0.2) is 0 Å². The molecule has 2 fully saturated rings. The van der Waals surface area contributed by atoms with Crippen LogP contribution in [0.2, 0.25) is 0 Å². The molecule has 4 heteroatoms. The molecule has 18 heavy (non-hydrogen) atoms. The van der Waals surface area contributed by atoms with Crippen molar-refractivity contribution in [3.8, 4) is 0 Å². The van der Waals surface area contributed by atoms with E-state index < -0.39 is 0 Å². The summed E-state index contributed by atoms with van der Waals surface area (Å²) in [5.41, 5.74) is -0.465. The van der Waals surface area contributed by atoms with Crippen molar-refractivity contribution in [3.05, 3.63) is 0 Å². The third-order valence-electron chi connectivity index (χ3n) is 4.70. The Labute approximate surface area is 110 Å². The van der Waals surface area contributed by atoms with E-state index in [0.29, 0.717) is 0 Å². The Bertz CT molecular complexity index is 313.